The minimum Gasteiger partial charge on any atom is -0.396 e. The third-order valence-corrected chi connectivity index (χ3v) is 3.39. The van der Waals surface area contributed by atoms with E-state index in [1.165, 1.54) is 19.3 Å². The van der Waals surface area contributed by atoms with Crippen molar-refractivity contribution in [3.8, 4) is 6.07 Å². The molecular formula is C13H18N4. The van der Waals surface area contributed by atoms with E-state index in [1.54, 1.807) is 12.3 Å². The number of aromatic nitrogens is 1. The van der Waals surface area contributed by atoms with Gasteiger partial charge in [-0.25, -0.2) is 4.98 Å². The van der Waals surface area contributed by atoms with Gasteiger partial charge in [0, 0.05) is 18.8 Å². The second-order valence-corrected chi connectivity index (χ2v) is 4.50. The maximum absolute atomic E-state index is 8.80. The van der Waals surface area contributed by atoms with Gasteiger partial charge in [0.1, 0.15) is 6.07 Å². The average Bonchev–Trinajstić information content (AvgIpc) is 2.38. The highest BCUT2D eigenvalue weighted by Gasteiger charge is 2.23. The molecule has 0 saturated carbocycles. The molecule has 1 fully saturated rings. The molecule has 0 radical (unpaired) electrons. The first-order valence-electron chi connectivity index (χ1n) is 6.18. The predicted molar refractivity (Wildman–Crippen MR) is 68.6 cm³/mol. The van der Waals surface area contributed by atoms with Crippen LogP contribution in [0.5, 0.6) is 0 Å². The van der Waals surface area contributed by atoms with Crippen molar-refractivity contribution in [1.82, 2.24) is 4.98 Å². The van der Waals surface area contributed by atoms with Crippen molar-refractivity contribution in [2.75, 3.05) is 17.2 Å². The Morgan fingerprint density at radius 2 is 2.41 bits per heavy atom. The fraction of sp³-hybridized carbons (Fsp3) is 0.538. The van der Waals surface area contributed by atoms with Crippen LogP contribution in [0.25, 0.3) is 0 Å². The summed E-state index contributed by atoms with van der Waals surface area (Å²) in [5.41, 5.74) is 7.13. The number of nitrogens with zero attached hydrogens (tertiary/aromatic N) is 3. The van der Waals surface area contributed by atoms with Gasteiger partial charge in [0.2, 0.25) is 0 Å². The lowest BCUT2D eigenvalue weighted by Crippen LogP contribution is -2.40. The Morgan fingerprint density at radius 3 is 3.06 bits per heavy atom. The molecule has 1 aromatic heterocycles. The minimum atomic E-state index is 0.524. The highest BCUT2D eigenvalue weighted by atomic mass is 15.2. The Kier molecular flexibility index (Phi) is 3.48. The molecule has 0 aliphatic carbocycles. The molecule has 0 bridgehead atoms. The van der Waals surface area contributed by atoms with Crippen molar-refractivity contribution in [2.24, 2.45) is 0 Å². The topological polar surface area (TPSA) is 65.9 Å². The lowest BCUT2D eigenvalue weighted by molar-refractivity contribution is 0.447. The second-order valence-electron chi connectivity index (χ2n) is 4.50. The van der Waals surface area contributed by atoms with Crippen molar-refractivity contribution in [2.45, 2.75) is 38.6 Å². The summed E-state index contributed by atoms with van der Waals surface area (Å²) in [7, 11) is 0. The number of nitriles is 1. The Labute approximate surface area is 102 Å². The van der Waals surface area contributed by atoms with Crippen molar-refractivity contribution in [3.05, 3.63) is 17.8 Å². The molecule has 1 saturated heterocycles. The van der Waals surface area contributed by atoms with Crippen LogP contribution in [0.2, 0.25) is 0 Å². The molecule has 4 nitrogen and oxygen atoms in total. The molecule has 0 aromatic carbocycles. The summed E-state index contributed by atoms with van der Waals surface area (Å²) < 4.78 is 0. The number of rotatable bonds is 2. The van der Waals surface area contributed by atoms with Crippen LogP contribution in [0.4, 0.5) is 11.5 Å². The van der Waals surface area contributed by atoms with E-state index in [1.807, 2.05) is 0 Å². The fourth-order valence-electron chi connectivity index (χ4n) is 2.48. The van der Waals surface area contributed by atoms with Gasteiger partial charge in [0.05, 0.1) is 11.3 Å². The molecule has 1 atom stereocenters. The highest BCUT2D eigenvalue weighted by Crippen LogP contribution is 2.29. The Bertz CT molecular complexity index is 436. The Balaban J connectivity index is 2.29. The number of hydrogen-bond acceptors (Lipinski definition) is 4. The molecule has 1 aliphatic heterocycles. The summed E-state index contributed by atoms with van der Waals surface area (Å²) in [4.78, 5) is 6.64. The first-order chi connectivity index (χ1) is 8.26. The van der Waals surface area contributed by atoms with E-state index in [-0.39, 0.29) is 0 Å². The lowest BCUT2D eigenvalue weighted by atomic mass is 10.00. The molecule has 2 heterocycles. The number of piperidine rings is 1. The summed E-state index contributed by atoms with van der Waals surface area (Å²) >= 11 is 0. The van der Waals surface area contributed by atoms with Crippen LogP contribution >= 0.6 is 0 Å². The number of pyridine rings is 1. The first-order valence-corrected chi connectivity index (χ1v) is 6.18. The van der Waals surface area contributed by atoms with Crippen molar-refractivity contribution in [1.29, 1.82) is 5.26 Å². The van der Waals surface area contributed by atoms with Crippen LogP contribution in [-0.4, -0.2) is 17.6 Å². The molecule has 90 valence electrons. The van der Waals surface area contributed by atoms with Gasteiger partial charge in [-0.2, -0.15) is 5.26 Å². The van der Waals surface area contributed by atoms with E-state index in [2.05, 4.69) is 22.9 Å². The Morgan fingerprint density at radius 1 is 1.59 bits per heavy atom. The molecule has 2 rings (SSSR count). The third-order valence-electron chi connectivity index (χ3n) is 3.39. The van der Waals surface area contributed by atoms with Gasteiger partial charge in [-0.3, -0.25) is 0 Å². The van der Waals surface area contributed by atoms with E-state index >= 15 is 0 Å². The zero-order valence-electron chi connectivity index (χ0n) is 10.2. The van der Waals surface area contributed by atoms with E-state index < -0.39 is 0 Å². The van der Waals surface area contributed by atoms with Crippen molar-refractivity contribution < 1.29 is 0 Å². The fourth-order valence-corrected chi connectivity index (χ4v) is 2.48. The molecule has 1 unspecified atom stereocenters. The molecule has 0 spiro atoms. The third kappa shape index (κ3) is 2.33. The van der Waals surface area contributed by atoms with Gasteiger partial charge in [0.15, 0.2) is 5.82 Å². The maximum atomic E-state index is 8.80. The van der Waals surface area contributed by atoms with Gasteiger partial charge >= 0.3 is 0 Å². The second kappa shape index (κ2) is 5.05. The van der Waals surface area contributed by atoms with Crippen molar-refractivity contribution >= 4 is 11.5 Å². The molecule has 1 aromatic rings. The maximum Gasteiger partial charge on any atom is 0.152 e. The minimum absolute atomic E-state index is 0.524. The highest BCUT2D eigenvalue weighted by molar-refractivity contribution is 5.65. The molecule has 2 N–H and O–H groups in total. The van der Waals surface area contributed by atoms with E-state index in [4.69, 9.17) is 11.0 Å². The summed E-state index contributed by atoms with van der Waals surface area (Å²) in [5, 5.41) is 8.80. The van der Waals surface area contributed by atoms with Gasteiger partial charge < -0.3 is 10.6 Å². The molecular weight excluding hydrogens is 212 g/mol. The number of nitrogen functional groups attached to an aromatic ring is 1. The van der Waals surface area contributed by atoms with E-state index in [9.17, 15) is 0 Å². The largest absolute Gasteiger partial charge is 0.396 e. The van der Waals surface area contributed by atoms with Crippen LogP contribution in [-0.2, 0) is 0 Å². The van der Waals surface area contributed by atoms with Crippen LogP contribution in [0.3, 0.4) is 0 Å². The lowest BCUT2D eigenvalue weighted by Gasteiger charge is -2.36. The zero-order valence-corrected chi connectivity index (χ0v) is 10.2. The summed E-state index contributed by atoms with van der Waals surface area (Å²) in [5.74, 6) is 0.843. The number of nitrogens with two attached hydrogens (primary N) is 1. The molecule has 17 heavy (non-hydrogen) atoms. The van der Waals surface area contributed by atoms with Crippen LogP contribution in [0, 0.1) is 11.3 Å². The first kappa shape index (κ1) is 11.7. The summed E-state index contributed by atoms with van der Waals surface area (Å²) in [6, 6.07) is 4.31. The monoisotopic (exact) mass is 230 g/mol. The van der Waals surface area contributed by atoms with E-state index in [0.29, 0.717) is 17.3 Å². The normalized spacial score (nSPS) is 20.0. The zero-order chi connectivity index (χ0) is 12.3. The standard InChI is InChI=1S/C13H18N4/c1-2-11-5-3-4-6-17(11)13-12(15)7-10(8-14)9-16-13/h7,9,11H,2-6,15H2,1H3. The quantitative estimate of drug-likeness (QED) is 0.846. The SMILES string of the molecule is CCC1CCCCN1c1ncc(C#N)cc1N. The van der Waals surface area contributed by atoms with Crippen LogP contribution in [0.1, 0.15) is 38.2 Å². The summed E-state index contributed by atoms with van der Waals surface area (Å²) in [6.45, 7) is 3.21. The van der Waals surface area contributed by atoms with Gasteiger partial charge in [-0.05, 0) is 31.7 Å². The van der Waals surface area contributed by atoms with Crippen molar-refractivity contribution in [3.63, 3.8) is 0 Å². The summed E-state index contributed by atoms with van der Waals surface area (Å²) in [6.07, 6.45) is 6.40. The smallest absolute Gasteiger partial charge is 0.152 e. The van der Waals surface area contributed by atoms with Gasteiger partial charge in [-0.15, -0.1) is 0 Å². The van der Waals surface area contributed by atoms with Gasteiger partial charge in [-0.1, -0.05) is 6.92 Å². The van der Waals surface area contributed by atoms with E-state index in [0.717, 1.165) is 18.8 Å². The molecule has 1 aliphatic rings. The van der Waals surface area contributed by atoms with Crippen LogP contribution in [0.15, 0.2) is 12.3 Å². The Hall–Kier alpha value is -1.76. The number of anilines is 2. The average molecular weight is 230 g/mol. The number of hydrogen-bond donors (Lipinski definition) is 1. The molecule has 4 heteroatoms. The predicted octanol–water partition coefficient (Wildman–Crippen LogP) is 2.30. The van der Waals surface area contributed by atoms with Gasteiger partial charge in [0.25, 0.3) is 0 Å². The van der Waals surface area contributed by atoms with Crippen LogP contribution < -0.4 is 10.6 Å². The molecule has 0 amide bonds.